The molecule has 1 fully saturated rings. The summed E-state index contributed by atoms with van der Waals surface area (Å²) < 4.78 is 28.5. The molecule has 0 saturated carbocycles. The third-order valence-corrected chi connectivity index (χ3v) is 7.13. The Kier molecular flexibility index (Phi) is 5.09. The molecule has 4 rings (SSSR count). The second-order valence-corrected chi connectivity index (χ2v) is 9.22. The number of nitrogens with one attached hydrogen (secondary N) is 1. The van der Waals surface area contributed by atoms with Crippen LogP contribution in [0.5, 0.6) is 0 Å². The van der Waals surface area contributed by atoms with Gasteiger partial charge in [0.1, 0.15) is 0 Å². The Bertz CT molecular complexity index is 978. The lowest BCUT2D eigenvalue weighted by molar-refractivity contribution is 0.247. The summed E-state index contributed by atoms with van der Waals surface area (Å²) in [5.41, 5.74) is 1.19. The average molecular weight is 387 g/mol. The third kappa shape index (κ3) is 3.69. The van der Waals surface area contributed by atoms with Crippen molar-refractivity contribution in [3.63, 3.8) is 0 Å². The highest BCUT2D eigenvalue weighted by molar-refractivity contribution is 7.89. The molecule has 1 aliphatic heterocycles. The fraction of sp³-hybridized carbons (Fsp3) is 0.300. The standard InChI is InChI=1S/C20H22N2O2S2/c23-26(24,19-8-7-16-5-1-2-6-17(16)13-19)21-14-20(18-9-12-25-15-18)22-10-3-4-11-22/h1-2,5-9,12-13,15,20-21H,3-4,10-11,14H2. The number of thiophene rings is 1. The molecule has 1 aromatic heterocycles. The van der Waals surface area contributed by atoms with E-state index in [-0.39, 0.29) is 6.04 Å². The highest BCUT2D eigenvalue weighted by atomic mass is 32.2. The highest BCUT2D eigenvalue weighted by Gasteiger charge is 2.26. The van der Waals surface area contributed by atoms with Crippen LogP contribution in [0.2, 0.25) is 0 Å². The predicted octanol–water partition coefficient (Wildman–Crippen LogP) is 4.02. The minimum Gasteiger partial charge on any atom is -0.295 e. The van der Waals surface area contributed by atoms with E-state index in [1.165, 1.54) is 18.4 Å². The van der Waals surface area contributed by atoms with Gasteiger partial charge in [0, 0.05) is 12.6 Å². The Balaban J connectivity index is 1.55. The van der Waals surface area contributed by atoms with E-state index < -0.39 is 10.0 Å². The first-order valence-corrected chi connectivity index (χ1v) is 11.3. The molecule has 1 N–H and O–H groups in total. The summed E-state index contributed by atoms with van der Waals surface area (Å²) >= 11 is 1.65. The fourth-order valence-electron chi connectivity index (χ4n) is 3.58. The van der Waals surface area contributed by atoms with E-state index in [2.05, 4.69) is 26.4 Å². The number of benzene rings is 2. The van der Waals surface area contributed by atoms with E-state index >= 15 is 0 Å². The Morgan fingerprint density at radius 2 is 1.81 bits per heavy atom. The largest absolute Gasteiger partial charge is 0.295 e. The van der Waals surface area contributed by atoms with Gasteiger partial charge in [-0.25, -0.2) is 13.1 Å². The van der Waals surface area contributed by atoms with Gasteiger partial charge in [0.15, 0.2) is 0 Å². The van der Waals surface area contributed by atoms with Crippen LogP contribution >= 0.6 is 11.3 Å². The Morgan fingerprint density at radius 3 is 2.54 bits per heavy atom. The molecule has 3 aromatic rings. The summed E-state index contributed by atoms with van der Waals surface area (Å²) in [6.07, 6.45) is 2.36. The highest BCUT2D eigenvalue weighted by Crippen LogP contribution is 2.27. The Labute approximate surface area is 158 Å². The van der Waals surface area contributed by atoms with Crippen molar-refractivity contribution in [3.8, 4) is 0 Å². The van der Waals surface area contributed by atoms with Crippen molar-refractivity contribution in [2.75, 3.05) is 19.6 Å². The monoisotopic (exact) mass is 386 g/mol. The summed E-state index contributed by atoms with van der Waals surface area (Å²) in [6, 6.07) is 15.3. The molecule has 0 aliphatic carbocycles. The summed E-state index contributed by atoms with van der Waals surface area (Å²) in [6.45, 7) is 2.45. The molecular weight excluding hydrogens is 364 g/mol. The zero-order chi connectivity index (χ0) is 18.0. The summed E-state index contributed by atoms with van der Waals surface area (Å²) in [5.74, 6) is 0. The average Bonchev–Trinajstić information content (AvgIpc) is 3.36. The molecular formula is C20H22N2O2S2. The maximum Gasteiger partial charge on any atom is 0.240 e. The number of hydrogen-bond donors (Lipinski definition) is 1. The first-order chi connectivity index (χ1) is 12.6. The molecule has 1 saturated heterocycles. The van der Waals surface area contributed by atoms with Gasteiger partial charge in [-0.3, -0.25) is 4.90 Å². The minimum atomic E-state index is -3.54. The molecule has 0 amide bonds. The summed E-state index contributed by atoms with van der Waals surface area (Å²) in [5, 5.41) is 6.15. The first kappa shape index (κ1) is 17.7. The second kappa shape index (κ2) is 7.48. The Hall–Kier alpha value is -1.73. The molecule has 0 spiro atoms. The van der Waals surface area contributed by atoms with Gasteiger partial charge >= 0.3 is 0 Å². The van der Waals surface area contributed by atoms with Crippen LogP contribution in [-0.2, 0) is 10.0 Å². The van der Waals surface area contributed by atoms with Crippen molar-refractivity contribution >= 4 is 32.1 Å². The number of nitrogens with zero attached hydrogens (tertiary/aromatic N) is 1. The third-order valence-electron chi connectivity index (χ3n) is 5.01. The SMILES string of the molecule is O=S(=O)(NCC(c1ccsc1)N1CCCC1)c1ccc2ccccc2c1. The lowest BCUT2D eigenvalue weighted by Gasteiger charge is -2.27. The van der Waals surface area contributed by atoms with Crippen molar-refractivity contribution in [2.45, 2.75) is 23.8 Å². The van der Waals surface area contributed by atoms with Gasteiger partial charge in [-0.05, 0) is 71.2 Å². The molecule has 0 radical (unpaired) electrons. The number of rotatable bonds is 6. The minimum absolute atomic E-state index is 0.0963. The van der Waals surface area contributed by atoms with Crippen molar-refractivity contribution in [1.82, 2.24) is 9.62 Å². The topological polar surface area (TPSA) is 49.4 Å². The van der Waals surface area contributed by atoms with Crippen LogP contribution in [0, 0.1) is 0 Å². The molecule has 6 heteroatoms. The fourth-order valence-corrected chi connectivity index (χ4v) is 5.36. The van der Waals surface area contributed by atoms with Crippen molar-refractivity contribution in [3.05, 3.63) is 64.9 Å². The van der Waals surface area contributed by atoms with E-state index in [0.717, 1.165) is 23.9 Å². The van der Waals surface area contributed by atoms with Gasteiger partial charge in [0.2, 0.25) is 10.0 Å². The van der Waals surface area contributed by atoms with Crippen LogP contribution in [-0.4, -0.2) is 33.0 Å². The van der Waals surface area contributed by atoms with Gasteiger partial charge < -0.3 is 0 Å². The van der Waals surface area contributed by atoms with Gasteiger partial charge in [0.25, 0.3) is 0 Å². The van der Waals surface area contributed by atoms with E-state index in [1.807, 2.05) is 30.3 Å². The number of sulfonamides is 1. The molecule has 1 aliphatic rings. The molecule has 2 aromatic carbocycles. The first-order valence-electron chi connectivity index (χ1n) is 8.88. The molecule has 0 bridgehead atoms. The summed E-state index contributed by atoms with van der Waals surface area (Å²) in [4.78, 5) is 2.70. The molecule has 1 atom stereocenters. The quantitative estimate of drug-likeness (QED) is 0.696. The van der Waals surface area contributed by atoms with E-state index in [0.29, 0.717) is 11.4 Å². The van der Waals surface area contributed by atoms with Crippen LogP contribution in [0.4, 0.5) is 0 Å². The summed E-state index contributed by atoms with van der Waals surface area (Å²) in [7, 11) is -3.54. The van der Waals surface area contributed by atoms with Crippen molar-refractivity contribution in [2.24, 2.45) is 0 Å². The molecule has 2 heterocycles. The van der Waals surface area contributed by atoms with Gasteiger partial charge in [0.05, 0.1) is 4.90 Å². The van der Waals surface area contributed by atoms with Crippen LogP contribution in [0.3, 0.4) is 0 Å². The lowest BCUT2D eigenvalue weighted by atomic mass is 10.1. The maximum atomic E-state index is 12.8. The number of likely N-dealkylation sites (tertiary alicyclic amines) is 1. The smallest absolute Gasteiger partial charge is 0.240 e. The van der Waals surface area contributed by atoms with E-state index in [1.54, 1.807) is 23.5 Å². The lowest BCUT2D eigenvalue weighted by Crippen LogP contribution is -2.36. The molecule has 1 unspecified atom stereocenters. The van der Waals surface area contributed by atoms with Crippen molar-refractivity contribution in [1.29, 1.82) is 0 Å². The zero-order valence-corrected chi connectivity index (χ0v) is 16.1. The zero-order valence-electron chi connectivity index (χ0n) is 14.5. The normalized spacial score (nSPS) is 16.9. The second-order valence-electron chi connectivity index (χ2n) is 6.68. The number of fused-ring (bicyclic) bond motifs is 1. The molecule has 26 heavy (non-hydrogen) atoms. The van der Waals surface area contributed by atoms with Gasteiger partial charge in [-0.2, -0.15) is 11.3 Å². The predicted molar refractivity (Wildman–Crippen MR) is 107 cm³/mol. The maximum absolute atomic E-state index is 12.8. The van der Waals surface area contributed by atoms with Gasteiger partial charge in [-0.15, -0.1) is 0 Å². The van der Waals surface area contributed by atoms with Crippen LogP contribution in [0.15, 0.2) is 64.2 Å². The van der Waals surface area contributed by atoms with Crippen LogP contribution < -0.4 is 4.72 Å². The van der Waals surface area contributed by atoms with Crippen molar-refractivity contribution < 1.29 is 8.42 Å². The van der Waals surface area contributed by atoms with E-state index in [9.17, 15) is 8.42 Å². The van der Waals surface area contributed by atoms with Crippen LogP contribution in [0.25, 0.3) is 10.8 Å². The van der Waals surface area contributed by atoms with Crippen LogP contribution in [0.1, 0.15) is 24.4 Å². The molecule has 136 valence electrons. The van der Waals surface area contributed by atoms with E-state index in [4.69, 9.17) is 0 Å². The number of hydrogen-bond acceptors (Lipinski definition) is 4. The van der Waals surface area contributed by atoms with Gasteiger partial charge in [-0.1, -0.05) is 30.3 Å². The molecule has 4 nitrogen and oxygen atoms in total. The Morgan fingerprint density at radius 1 is 1.04 bits per heavy atom.